The highest BCUT2D eigenvalue weighted by molar-refractivity contribution is 6.30. The van der Waals surface area contributed by atoms with Crippen molar-refractivity contribution in [2.45, 2.75) is 6.04 Å². The summed E-state index contributed by atoms with van der Waals surface area (Å²) >= 11 is 6.07. The van der Waals surface area contributed by atoms with E-state index in [1.807, 2.05) is 36.4 Å². The van der Waals surface area contributed by atoms with Crippen molar-refractivity contribution in [3.63, 3.8) is 0 Å². The first-order chi connectivity index (χ1) is 14.6. The SMILES string of the molecule is COc1ccc(C(CNC(=O)C2=Cc3cc(Cl)ccc3OC2)N2CCOCC2)cc1. The molecule has 0 bridgehead atoms. The van der Waals surface area contributed by atoms with Crippen molar-refractivity contribution in [2.24, 2.45) is 0 Å². The van der Waals surface area contributed by atoms with Gasteiger partial charge in [0.05, 0.1) is 31.9 Å². The molecule has 1 saturated heterocycles. The molecule has 0 aromatic heterocycles. The van der Waals surface area contributed by atoms with Crippen molar-refractivity contribution in [3.05, 3.63) is 64.2 Å². The Kier molecular flexibility index (Phi) is 6.57. The Morgan fingerprint density at radius 2 is 1.97 bits per heavy atom. The number of rotatable bonds is 6. The van der Waals surface area contributed by atoms with Gasteiger partial charge < -0.3 is 19.5 Å². The van der Waals surface area contributed by atoms with Crippen LogP contribution in [0.15, 0.2) is 48.0 Å². The number of carbonyl (C=O) groups is 1. The van der Waals surface area contributed by atoms with Crippen LogP contribution in [0.25, 0.3) is 6.08 Å². The van der Waals surface area contributed by atoms with E-state index >= 15 is 0 Å². The zero-order chi connectivity index (χ0) is 20.9. The summed E-state index contributed by atoms with van der Waals surface area (Å²) in [5, 5.41) is 3.70. The zero-order valence-electron chi connectivity index (χ0n) is 16.9. The summed E-state index contributed by atoms with van der Waals surface area (Å²) in [6.07, 6.45) is 1.84. The lowest BCUT2D eigenvalue weighted by Gasteiger charge is -2.35. The molecule has 30 heavy (non-hydrogen) atoms. The van der Waals surface area contributed by atoms with E-state index in [4.69, 9.17) is 25.8 Å². The number of benzene rings is 2. The number of hydrogen-bond acceptors (Lipinski definition) is 5. The average Bonchev–Trinajstić information content (AvgIpc) is 2.79. The Bertz CT molecular complexity index is 923. The van der Waals surface area contributed by atoms with Gasteiger partial charge in [-0.05, 0) is 42.0 Å². The van der Waals surface area contributed by atoms with Crippen LogP contribution in [0.3, 0.4) is 0 Å². The molecule has 1 N–H and O–H groups in total. The molecular formula is C23H25ClN2O4. The van der Waals surface area contributed by atoms with Crippen molar-refractivity contribution in [2.75, 3.05) is 46.6 Å². The van der Waals surface area contributed by atoms with Crippen molar-refractivity contribution in [1.29, 1.82) is 0 Å². The van der Waals surface area contributed by atoms with E-state index < -0.39 is 0 Å². The predicted octanol–water partition coefficient (Wildman–Crippen LogP) is 3.31. The van der Waals surface area contributed by atoms with E-state index in [2.05, 4.69) is 10.2 Å². The van der Waals surface area contributed by atoms with E-state index in [0.29, 0.717) is 30.4 Å². The van der Waals surface area contributed by atoms with Crippen LogP contribution in [0.5, 0.6) is 11.5 Å². The van der Waals surface area contributed by atoms with Gasteiger partial charge in [-0.3, -0.25) is 9.69 Å². The number of hydrogen-bond donors (Lipinski definition) is 1. The van der Waals surface area contributed by atoms with E-state index in [0.717, 1.165) is 35.7 Å². The number of ether oxygens (including phenoxy) is 3. The van der Waals surface area contributed by atoms with Crippen LogP contribution >= 0.6 is 11.6 Å². The van der Waals surface area contributed by atoms with E-state index in [1.165, 1.54) is 0 Å². The van der Waals surface area contributed by atoms with Gasteiger partial charge in [-0.1, -0.05) is 23.7 Å². The second-order valence-corrected chi connectivity index (χ2v) is 7.72. The van der Waals surface area contributed by atoms with Crippen LogP contribution in [-0.4, -0.2) is 57.4 Å². The molecule has 0 aliphatic carbocycles. The molecule has 2 aliphatic rings. The molecule has 2 heterocycles. The number of fused-ring (bicyclic) bond motifs is 1. The number of carbonyl (C=O) groups excluding carboxylic acids is 1. The van der Waals surface area contributed by atoms with E-state index in [-0.39, 0.29) is 18.6 Å². The maximum absolute atomic E-state index is 12.9. The lowest BCUT2D eigenvalue weighted by molar-refractivity contribution is -0.118. The third-order valence-electron chi connectivity index (χ3n) is 5.42. The fourth-order valence-electron chi connectivity index (χ4n) is 3.76. The summed E-state index contributed by atoms with van der Waals surface area (Å²) in [7, 11) is 1.65. The van der Waals surface area contributed by atoms with Crippen molar-refractivity contribution >= 4 is 23.6 Å². The standard InChI is InChI=1S/C23H25ClN2O4/c1-28-20-5-2-16(3-6-20)21(26-8-10-29-11-9-26)14-25-23(27)18-12-17-13-19(24)4-7-22(17)30-15-18/h2-7,12-13,21H,8-11,14-15H2,1H3,(H,25,27). The minimum absolute atomic E-state index is 0.0515. The molecule has 1 amide bonds. The van der Waals surface area contributed by atoms with Gasteiger partial charge in [0.15, 0.2) is 0 Å². The molecular weight excluding hydrogens is 404 g/mol. The molecule has 4 rings (SSSR count). The molecule has 0 radical (unpaired) electrons. The zero-order valence-corrected chi connectivity index (χ0v) is 17.7. The summed E-state index contributed by atoms with van der Waals surface area (Å²) < 4.78 is 16.5. The van der Waals surface area contributed by atoms with E-state index in [1.54, 1.807) is 19.2 Å². The van der Waals surface area contributed by atoms with Gasteiger partial charge in [0.2, 0.25) is 0 Å². The Morgan fingerprint density at radius 3 is 2.70 bits per heavy atom. The van der Waals surface area contributed by atoms with Gasteiger partial charge in [0.1, 0.15) is 18.1 Å². The summed E-state index contributed by atoms with van der Waals surface area (Å²) in [5.41, 5.74) is 2.53. The molecule has 0 saturated carbocycles. The van der Waals surface area contributed by atoms with Gasteiger partial charge in [-0.2, -0.15) is 0 Å². The van der Waals surface area contributed by atoms with Crippen LogP contribution in [0.1, 0.15) is 17.2 Å². The molecule has 1 fully saturated rings. The molecule has 158 valence electrons. The minimum atomic E-state index is -0.132. The lowest BCUT2D eigenvalue weighted by atomic mass is 10.0. The predicted molar refractivity (Wildman–Crippen MR) is 116 cm³/mol. The van der Waals surface area contributed by atoms with Gasteiger partial charge in [0.25, 0.3) is 5.91 Å². The van der Waals surface area contributed by atoms with Gasteiger partial charge in [-0.25, -0.2) is 0 Å². The number of halogens is 1. The van der Waals surface area contributed by atoms with Crippen molar-refractivity contribution < 1.29 is 19.0 Å². The second-order valence-electron chi connectivity index (χ2n) is 7.29. The molecule has 2 aromatic rings. The number of nitrogens with zero attached hydrogens (tertiary/aromatic N) is 1. The van der Waals surface area contributed by atoms with Crippen LogP contribution in [0.2, 0.25) is 5.02 Å². The fraction of sp³-hybridized carbons (Fsp3) is 0.348. The van der Waals surface area contributed by atoms with Gasteiger partial charge in [0, 0.05) is 30.2 Å². The second kappa shape index (κ2) is 9.51. The maximum Gasteiger partial charge on any atom is 0.250 e. The Morgan fingerprint density at radius 1 is 1.20 bits per heavy atom. The molecule has 1 atom stereocenters. The number of nitrogens with one attached hydrogen (secondary N) is 1. The average molecular weight is 429 g/mol. The summed E-state index contributed by atoms with van der Waals surface area (Å²) in [5.74, 6) is 1.41. The first kappa shape index (κ1) is 20.7. The lowest BCUT2D eigenvalue weighted by Crippen LogP contribution is -2.44. The first-order valence-electron chi connectivity index (χ1n) is 10.0. The highest BCUT2D eigenvalue weighted by Gasteiger charge is 2.25. The van der Waals surface area contributed by atoms with E-state index in [9.17, 15) is 4.79 Å². The molecule has 0 spiro atoms. The first-order valence-corrected chi connectivity index (χ1v) is 10.4. The highest BCUT2D eigenvalue weighted by Crippen LogP contribution is 2.29. The molecule has 1 unspecified atom stereocenters. The molecule has 6 nitrogen and oxygen atoms in total. The fourth-order valence-corrected chi connectivity index (χ4v) is 3.94. The molecule has 2 aliphatic heterocycles. The third-order valence-corrected chi connectivity index (χ3v) is 5.65. The normalized spacial score (nSPS) is 17.3. The van der Waals surface area contributed by atoms with Gasteiger partial charge in [-0.15, -0.1) is 0 Å². The topological polar surface area (TPSA) is 60.0 Å². The number of morpholine rings is 1. The largest absolute Gasteiger partial charge is 0.497 e. The Hall–Kier alpha value is -2.54. The minimum Gasteiger partial charge on any atom is -0.497 e. The van der Waals surface area contributed by atoms with Crippen LogP contribution in [0, 0.1) is 0 Å². The molecule has 7 heteroatoms. The summed E-state index contributed by atoms with van der Waals surface area (Å²) in [6, 6.07) is 13.4. The number of amides is 1. The smallest absolute Gasteiger partial charge is 0.250 e. The van der Waals surface area contributed by atoms with Crippen LogP contribution in [-0.2, 0) is 9.53 Å². The summed E-state index contributed by atoms with van der Waals surface area (Å²) in [4.78, 5) is 15.2. The van der Waals surface area contributed by atoms with Gasteiger partial charge >= 0.3 is 0 Å². The number of methoxy groups -OCH3 is 1. The monoisotopic (exact) mass is 428 g/mol. The third kappa shape index (κ3) is 4.78. The van der Waals surface area contributed by atoms with Crippen molar-refractivity contribution in [1.82, 2.24) is 10.2 Å². The van der Waals surface area contributed by atoms with Crippen LogP contribution in [0.4, 0.5) is 0 Å². The summed E-state index contributed by atoms with van der Waals surface area (Å²) in [6.45, 7) is 3.76. The quantitative estimate of drug-likeness (QED) is 0.764. The maximum atomic E-state index is 12.9. The highest BCUT2D eigenvalue weighted by atomic mass is 35.5. The Labute approximate surface area is 181 Å². The Balaban J connectivity index is 1.48. The van der Waals surface area contributed by atoms with Crippen molar-refractivity contribution in [3.8, 4) is 11.5 Å². The molecule has 2 aromatic carbocycles. The van der Waals surface area contributed by atoms with Crippen LogP contribution < -0.4 is 14.8 Å².